The van der Waals surface area contributed by atoms with E-state index in [1.54, 1.807) is 42.5 Å². The lowest BCUT2D eigenvalue weighted by molar-refractivity contribution is -0.119. The maximum Gasteiger partial charge on any atom is 0.264 e. The maximum atomic E-state index is 13.3. The second-order valence-corrected chi connectivity index (χ2v) is 9.50. The van der Waals surface area contributed by atoms with Crippen molar-refractivity contribution in [2.75, 3.05) is 10.8 Å². The van der Waals surface area contributed by atoms with Crippen LogP contribution in [0.5, 0.6) is 0 Å². The van der Waals surface area contributed by atoms with Gasteiger partial charge < -0.3 is 5.32 Å². The molecular formula is C25H21ClN2O3S. The van der Waals surface area contributed by atoms with E-state index in [4.69, 9.17) is 11.6 Å². The van der Waals surface area contributed by atoms with E-state index in [9.17, 15) is 13.2 Å². The van der Waals surface area contributed by atoms with Crippen LogP contribution >= 0.6 is 11.6 Å². The van der Waals surface area contributed by atoms with Crippen molar-refractivity contribution < 1.29 is 13.2 Å². The first-order valence-electron chi connectivity index (χ1n) is 10.0. The molecule has 1 amide bonds. The molecule has 5 nitrogen and oxygen atoms in total. The largest absolute Gasteiger partial charge is 0.350 e. The Hall–Kier alpha value is -3.35. The first-order chi connectivity index (χ1) is 15.4. The van der Waals surface area contributed by atoms with Crippen molar-refractivity contribution in [1.82, 2.24) is 5.32 Å². The summed E-state index contributed by atoms with van der Waals surface area (Å²) in [6.45, 7) is -0.111. The Bertz CT molecular complexity index is 1360. The molecule has 0 aromatic heterocycles. The highest BCUT2D eigenvalue weighted by atomic mass is 35.5. The maximum absolute atomic E-state index is 13.3. The number of fused-ring (bicyclic) bond motifs is 1. The van der Waals surface area contributed by atoms with Gasteiger partial charge in [-0.1, -0.05) is 78.3 Å². The summed E-state index contributed by atoms with van der Waals surface area (Å²) in [5.74, 6) is -0.433. The average Bonchev–Trinajstić information content (AvgIpc) is 2.82. The normalized spacial score (nSPS) is 11.3. The summed E-state index contributed by atoms with van der Waals surface area (Å²) in [5, 5.41) is 5.25. The third kappa shape index (κ3) is 4.77. The van der Waals surface area contributed by atoms with Crippen molar-refractivity contribution in [2.24, 2.45) is 0 Å². The Balaban J connectivity index is 1.56. The lowest BCUT2D eigenvalue weighted by atomic mass is 10.1. The number of carbonyl (C=O) groups is 1. The minimum Gasteiger partial charge on any atom is -0.350 e. The van der Waals surface area contributed by atoms with Crippen molar-refractivity contribution in [1.29, 1.82) is 0 Å². The van der Waals surface area contributed by atoms with Gasteiger partial charge in [-0.3, -0.25) is 9.10 Å². The van der Waals surface area contributed by atoms with Crippen molar-refractivity contribution >= 4 is 44.0 Å². The average molecular weight is 465 g/mol. The summed E-state index contributed by atoms with van der Waals surface area (Å²) >= 11 is 6.29. The van der Waals surface area contributed by atoms with Crippen LogP contribution in [0.15, 0.2) is 102 Å². The van der Waals surface area contributed by atoms with Gasteiger partial charge in [0.25, 0.3) is 10.0 Å². The third-order valence-electron chi connectivity index (χ3n) is 5.04. The first kappa shape index (κ1) is 21.9. The molecule has 4 aromatic carbocycles. The number of carbonyl (C=O) groups excluding carboxylic acids is 1. The van der Waals surface area contributed by atoms with Gasteiger partial charge in [0, 0.05) is 6.54 Å². The third-order valence-corrected chi connectivity index (χ3v) is 7.14. The number of anilines is 1. The standard InChI is InChI=1S/C25H21ClN2O3S/c26-23-12-6-7-13-24(23)28(32(30,31)22-10-2-1-3-11-22)18-25(29)27-17-19-14-15-20-8-4-5-9-21(20)16-19/h1-16H,17-18H2,(H,27,29). The molecule has 0 aliphatic rings. The fourth-order valence-corrected chi connectivity index (χ4v) is 5.16. The Kier molecular flexibility index (Phi) is 6.44. The van der Waals surface area contributed by atoms with Gasteiger partial charge in [-0.15, -0.1) is 0 Å². The predicted molar refractivity (Wildman–Crippen MR) is 128 cm³/mol. The van der Waals surface area contributed by atoms with E-state index in [0.29, 0.717) is 0 Å². The number of rotatable bonds is 7. The van der Waals surface area contributed by atoms with E-state index in [1.807, 2.05) is 42.5 Å². The van der Waals surface area contributed by atoms with Crippen molar-refractivity contribution in [3.8, 4) is 0 Å². The van der Waals surface area contributed by atoms with Crippen molar-refractivity contribution in [3.63, 3.8) is 0 Å². The number of amides is 1. The molecule has 0 saturated carbocycles. The Morgan fingerprint density at radius 3 is 2.22 bits per heavy atom. The number of hydrogen-bond donors (Lipinski definition) is 1. The Morgan fingerprint density at radius 2 is 1.47 bits per heavy atom. The fraction of sp³-hybridized carbons (Fsp3) is 0.0800. The zero-order chi connectivity index (χ0) is 22.6. The molecule has 0 fully saturated rings. The highest BCUT2D eigenvalue weighted by Crippen LogP contribution is 2.30. The lowest BCUT2D eigenvalue weighted by Gasteiger charge is -2.25. The van der Waals surface area contributed by atoms with Crippen molar-refractivity contribution in [2.45, 2.75) is 11.4 Å². The van der Waals surface area contributed by atoms with Crippen LogP contribution in [0, 0.1) is 0 Å². The van der Waals surface area contributed by atoms with Gasteiger partial charge in [-0.2, -0.15) is 0 Å². The Labute approximate surface area is 192 Å². The minimum absolute atomic E-state index is 0.0854. The van der Waals surface area contributed by atoms with Crippen LogP contribution < -0.4 is 9.62 Å². The van der Waals surface area contributed by atoms with Crippen LogP contribution in [0.4, 0.5) is 5.69 Å². The zero-order valence-electron chi connectivity index (χ0n) is 17.1. The van der Waals surface area contributed by atoms with Gasteiger partial charge in [0.15, 0.2) is 0 Å². The first-order valence-corrected chi connectivity index (χ1v) is 11.8. The van der Waals surface area contributed by atoms with E-state index >= 15 is 0 Å². The van der Waals surface area contributed by atoms with Crippen LogP contribution in [-0.2, 0) is 21.4 Å². The van der Waals surface area contributed by atoms with Gasteiger partial charge >= 0.3 is 0 Å². The summed E-state index contributed by atoms with van der Waals surface area (Å²) in [5.41, 5.74) is 1.17. The highest BCUT2D eigenvalue weighted by molar-refractivity contribution is 7.92. The van der Waals surface area contributed by atoms with Crippen molar-refractivity contribution in [3.05, 3.63) is 108 Å². The van der Waals surface area contributed by atoms with Gasteiger partial charge in [-0.05, 0) is 46.7 Å². The fourth-order valence-electron chi connectivity index (χ4n) is 3.41. The molecule has 32 heavy (non-hydrogen) atoms. The minimum atomic E-state index is -4.00. The summed E-state index contributed by atoms with van der Waals surface area (Å²) in [6.07, 6.45) is 0. The van der Waals surface area contributed by atoms with Crippen LogP contribution in [0.25, 0.3) is 10.8 Å². The van der Waals surface area contributed by atoms with E-state index in [1.165, 1.54) is 12.1 Å². The number of nitrogens with zero attached hydrogens (tertiary/aromatic N) is 1. The van der Waals surface area contributed by atoms with Crippen LogP contribution in [0.1, 0.15) is 5.56 Å². The molecule has 0 aliphatic heterocycles. The van der Waals surface area contributed by atoms with E-state index < -0.39 is 22.5 Å². The van der Waals surface area contributed by atoms with E-state index in [-0.39, 0.29) is 22.2 Å². The molecule has 0 saturated heterocycles. The summed E-state index contributed by atoms with van der Waals surface area (Å²) in [6, 6.07) is 28.4. The van der Waals surface area contributed by atoms with E-state index in [0.717, 1.165) is 20.6 Å². The number of benzene rings is 4. The molecule has 0 radical (unpaired) electrons. The number of hydrogen-bond acceptors (Lipinski definition) is 3. The monoisotopic (exact) mass is 464 g/mol. The molecule has 4 rings (SSSR count). The molecule has 0 atom stereocenters. The second-order valence-electron chi connectivity index (χ2n) is 7.23. The molecular weight excluding hydrogens is 444 g/mol. The molecule has 0 bridgehead atoms. The summed E-state index contributed by atoms with van der Waals surface area (Å²) in [7, 11) is -4.00. The SMILES string of the molecule is O=C(CN(c1ccccc1Cl)S(=O)(=O)c1ccccc1)NCc1ccc2ccccc2c1. The summed E-state index contributed by atoms with van der Waals surface area (Å²) in [4.78, 5) is 12.9. The number of para-hydroxylation sites is 1. The molecule has 0 unspecified atom stereocenters. The lowest BCUT2D eigenvalue weighted by Crippen LogP contribution is -2.40. The molecule has 0 spiro atoms. The molecule has 0 aliphatic carbocycles. The topological polar surface area (TPSA) is 66.5 Å². The smallest absolute Gasteiger partial charge is 0.264 e. The van der Waals surface area contributed by atoms with Crippen LogP contribution in [0.2, 0.25) is 5.02 Å². The molecule has 0 heterocycles. The highest BCUT2D eigenvalue weighted by Gasteiger charge is 2.28. The number of sulfonamides is 1. The van der Waals surface area contributed by atoms with Gasteiger partial charge in [0.1, 0.15) is 6.54 Å². The van der Waals surface area contributed by atoms with Gasteiger partial charge in [0.2, 0.25) is 5.91 Å². The number of nitrogens with one attached hydrogen (secondary N) is 1. The zero-order valence-corrected chi connectivity index (χ0v) is 18.7. The molecule has 1 N–H and O–H groups in total. The molecule has 162 valence electrons. The summed E-state index contributed by atoms with van der Waals surface area (Å²) < 4.78 is 27.7. The number of halogens is 1. The van der Waals surface area contributed by atoms with Gasteiger partial charge in [0.05, 0.1) is 15.6 Å². The molecule has 4 aromatic rings. The van der Waals surface area contributed by atoms with Gasteiger partial charge in [-0.25, -0.2) is 8.42 Å². The Morgan fingerprint density at radius 1 is 0.812 bits per heavy atom. The second kappa shape index (κ2) is 9.42. The quantitative estimate of drug-likeness (QED) is 0.418. The van der Waals surface area contributed by atoms with Crippen LogP contribution in [0.3, 0.4) is 0 Å². The van der Waals surface area contributed by atoms with E-state index in [2.05, 4.69) is 5.32 Å². The molecule has 7 heteroatoms. The van der Waals surface area contributed by atoms with Crippen LogP contribution in [-0.4, -0.2) is 20.9 Å². The predicted octanol–water partition coefficient (Wildman–Crippen LogP) is 5.00.